The van der Waals surface area contributed by atoms with E-state index >= 15 is 0 Å². The van der Waals surface area contributed by atoms with Crippen LogP contribution in [0.5, 0.6) is 11.6 Å². The number of amides is 3. The second kappa shape index (κ2) is 16.5. The molecule has 3 fully saturated rings. The molecular weight excluding hydrogens is 846 g/mol. The fourth-order valence-electron chi connectivity index (χ4n) is 7.93. The van der Waals surface area contributed by atoms with Gasteiger partial charge in [-0.25, -0.2) is 17.8 Å². The van der Waals surface area contributed by atoms with Crippen LogP contribution in [0.2, 0.25) is 0 Å². The maximum absolute atomic E-state index is 15.0. The zero-order valence-corrected chi connectivity index (χ0v) is 37.1. The molecule has 3 aliphatic rings. The van der Waals surface area contributed by atoms with Crippen LogP contribution in [0.15, 0.2) is 79.4 Å². The number of nitrogens with one attached hydrogen (secondary N) is 3. The summed E-state index contributed by atoms with van der Waals surface area (Å²) in [5.41, 5.74) is -0.160. The Morgan fingerprint density at radius 1 is 1.06 bits per heavy atom. The van der Waals surface area contributed by atoms with Crippen molar-refractivity contribution in [3.63, 3.8) is 0 Å². The van der Waals surface area contributed by atoms with Crippen molar-refractivity contribution in [2.24, 2.45) is 11.3 Å². The van der Waals surface area contributed by atoms with E-state index in [0.29, 0.717) is 56.8 Å². The van der Waals surface area contributed by atoms with Crippen molar-refractivity contribution in [3.05, 3.63) is 90.8 Å². The van der Waals surface area contributed by atoms with Gasteiger partial charge in [0.15, 0.2) is 5.82 Å². The minimum absolute atomic E-state index is 0.0241. The van der Waals surface area contributed by atoms with Gasteiger partial charge >= 0.3 is 0 Å². The molecule has 5 atom stereocenters. The van der Waals surface area contributed by atoms with Gasteiger partial charge in [-0.15, -0.1) is 17.9 Å². The Bertz CT molecular complexity index is 2780. The fraction of sp³-hybridized carbons (Fsp3) is 0.391. The third kappa shape index (κ3) is 8.92. The molecule has 2 saturated carbocycles. The molecule has 0 spiro atoms. The molecule has 3 amide bonds. The smallest absolute Gasteiger partial charge is 0.259 e. The lowest BCUT2D eigenvalue weighted by atomic mass is 9.85. The maximum Gasteiger partial charge on any atom is 0.259 e. The number of sulfonamides is 1. The Kier molecular flexibility index (Phi) is 11.4. The minimum atomic E-state index is -3.94. The van der Waals surface area contributed by atoms with Crippen LogP contribution in [-0.4, -0.2) is 82.6 Å². The molecule has 1 saturated heterocycles. The third-order valence-electron chi connectivity index (χ3n) is 11.5. The number of anilines is 1. The second-order valence-corrected chi connectivity index (χ2v) is 20.8. The number of fused-ring (bicyclic) bond motifs is 3. The van der Waals surface area contributed by atoms with Crippen LogP contribution in [0.1, 0.15) is 65.9 Å². The number of halogens is 1. The summed E-state index contributed by atoms with van der Waals surface area (Å²) in [4.78, 5) is 54.5. The Morgan fingerprint density at radius 3 is 2.40 bits per heavy atom. The molecule has 5 aromatic rings. The van der Waals surface area contributed by atoms with Crippen molar-refractivity contribution in [1.29, 1.82) is 5.26 Å². The number of likely N-dealkylation sites (tertiary alicyclic amines) is 1. The van der Waals surface area contributed by atoms with E-state index in [1.165, 1.54) is 34.4 Å². The average molecular weight is 894 g/mol. The quantitative estimate of drug-likeness (QED) is 0.0988. The van der Waals surface area contributed by atoms with E-state index in [-0.39, 0.29) is 31.4 Å². The standard InChI is InChI=1S/C46H48FN7O7S2/c1-7-28-22-46(28,44(57)53-63(58,59)33-17-18-33)52-41(55)35-21-32(24-54(35)43(56)39(45(4,5)6)49-30-13-8-26(23-48)9-14-30)61-42-38-37(34-20-29(47)12-19-36(34)62-38)50-40(51-42)27-10-15-31(16-11-27)60-25(2)3/h7-16,19-20,25,28,32-33,35,39,49H,1,17-18,21-22,24H2,2-6H3,(H,52,55)(H,53,57)/t28-,32-,35+,39-,46-/m1/s1. The first-order chi connectivity index (χ1) is 29.9. The van der Waals surface area contributed by atoms with Crippen molar-refractivity contribution < 1.29 is 36.7 Å². The van der Waals surface area contributed by atoms with Crippen molar-refractivity contribution in [1.82, 2.24) is 24.9 Å². The molecule has 0 bridgehead atoms. The molecule has 0 radical (unpaired) electrons. The summed E-state index contributed by atoms with van der Waals surface area (Å²) in [6.45, 7) is 13.3. The third-order valence-corrected chi connectivity index (χ3v) is 14.5. The van der Waals surface area contributed by atoms with Gasteiger partial charge < -0.3 is 25.0 Å². The Morgan fingerprint density at radius 2 is 1.78 bits per heavy atom. The lowest BCUT2D eigenvalue weighted by Crippen LogP contribution is -2.58. The Hall–Kier alpha value is -6.12. The Balaban J connectivity index is 1.15. The predicted molar refractivity (Wildman–Crippen MR) is 238 cm³/mol. The molecule has 63 heavy (non-hydrogen) atoms. The zero-order chi connectivity index (χ0) is 45.0. The van der Waals surface area contributed by atoms with Crippen molar-refractivity contribution in [2.45, 2.75) is 95.4 Å². The second-order valence-electron chi connectivity index (χ2n) is 17.8. The molecule has 8 rings (SSSR count). The lowest BCUT2D eigenvalue weighted by Gasteiger charge is -2.36. The van der Waals surface area contributed by atoms with Gasteiger partial charge in [-0.1, -0.05) is 26.8 Å². The van der Waals surface area contributed by atoms with Gasteiger partial charge in [0.1, 0.15) is 40.0 Å². The highest BCUT2D eigenvalue weighted by Gasteiger charge is 2.62. The number of carbonyl (C=O) groups excluding carboxylic acids is 3. The molecule has 3 N–H and O–H groups in total. The van der Waals surface area contributed by atoms with E-state index in [1.54, 1.807) is 42.5 Å². The normalized spacial score (nSPS) is 21.4. The van der Waals surface area contributed by atoms with E-state index < -0.39 is 73.9 Å². The molecular formula is C46H48FN7O7S2. The topological polar surface area (TPSA) is 193 Å². The number of nitrogens with zero attached hydrogens (tertiary/aromatic N) is 4. The highest BCUT2D eigenvalue weighted by molar-refractivity contribution is 7.91. The zero-order valence-electron chi connectivity index (χ0n) is 35.5. The number of nitriles is 1. The van der Waals surface area contributed by atoms with Gasteiger partial charge in [0, 0.05) is 33.7 Å². The van der Waals surface area contributed by atoms with Crippen LogP contribution >= 0.6 is 11.3 Å². The molecule has 3 heterocycles. The first kappa shape index (κ1) is 43.5. The van der Waals surface area contributed by atoms with Crippen molar-refractivity contribution >= 4 is 65.1 Å². The molecule has 2 aliphatic carbocycles. The molecule has 3 aromatic carbocycles. The minimum Gasteiger partial charge on any atom is -0.491 e. The molecule has 17 heteroatoms. The summed E-state index contributed by atoms with van der Waals surface area (Å²) in [7, 11) is -3.94. The number of thiophene rings is 1. The van der Waals surface area contributed by atoms with Gasteiger partial charge in [0.05, 0.1) is 35.0 Å². The first-order valence-corrected chi connectivity index (χ1v) is 23.2. The summed E-state index contributed by atoms with van der Waals surface area (Å²) in [6.07, 6.45) is 1.63. The van der Waals surface area contributed by atoms with Gasteiger partial charge in [-0.3, -0.25) is 19.1 Å². The first-order valence-electron chi connectivity index (χ1n) is 20.8. The monoisotopic (exact) mass is 893 g/mol. The molecule has 328 valence electrons. The van der Waals surface area contributed by atoms with E-state index in [1.807, 2.05) is 46.8 Å². The molecule has 0 unspecified atom stereocenters. The molecule has 14 nitrogen and oxygen atoms in total. The number of carbonyl (C=O) groups is 3. The van der Waals surface area contributed by atoms with Crippen LogP contribution in [-0.2, 0) is 24.4 Å². The number of hydrogen-bond donors (Lipinski definition) is 3. The van der Waals surface area contributed by atoms with Crippen LogP contribution < -0.4 is 24.8 Å². The Labute approximate surface area is 368 Å². The summed E-state index contributed by atoms with van der Waals surface area (Å²) in [5, 5.41) is 15.4. The van der Waals surface area contributed by atoms with Gasteiger partial charge in [0.25, 0.3) is 5.91 Å². The van der Waals surface area contributed by atoms with Gasteiger partial charge in [-0.2, -0.15) is 10.2 Å². The van der Waals surface area contributed by atoms with E-state index in [0.717, 1.165) is 4.70 Å². The van der Waals surface area contributed by atoms with Crippen LogP contribution in [0.3, 0.4) is 0 Å². The fourth-order valence-corrected chi connectivity index (χ4v) is 10.3. The highest BCUT2D eigenvalue weighted by Crippen LogP contribution is 2.46. The number of ether oxygens (including phenoxy) is 2. The SMILES string of the molecule is C=C[C@@H]1C[C@]1(NC(=O)[C@@H]1C[C@@H](Oc2nc(-c3ccc(OC(C)C)cc3)nc3c2sc2ccc(F)cc23)CN1C(=O)[C@@H](Nc1ccc(C#N)cc1)C(C)(C)C)C(=O)NS(=O)(=O)C1CC1. The van der Waals surface area contributed by atoms with E-state index in [4.69, 9.17) is 19.4 Å². The number of rotatable bonds is 14. The maximum atomic E-state index is 15.0. The van der Waals surface area contributed by atoms with Crippen molar-refractivity contribution in [3.8, 4) is 29.1 Å². The van der Waals surface area contributed by atoms with Gasteiger partial charge in [0.2, 0.25) is 27.7 Å². The molecule has 1 aliphatic heterocycles. The summed E-state index contributed by atoms with van der Waals surface area (Å²) in [5.74, 6) is -1.81. The number of benzene rings is 3. The summed E-state index contributed by atoms with van der Waals surface area (Å²) >= 11 is 1.32. The number of aromatic nitrogens is 2. The average Bonchev–Trinajstić information content (AvgIpc) is 4.15. The van der Waals surface area contributed by atoms with Crippen LogP contribution in [0.25, 0.3) is 31.7 Å². The highest BCUT2D eigenvalue weighted by atomic mass is 32.2. The van der Waals surface area contributed by atoms with E-state index in [9.17, 15) is 32.5 Å². The van der Waals surface area contributed by atoms with Gasteiger partial charge in [-0.05, 0) is 105 Å². The van der Waals surface area contributed by atoms with E-state index in [2.05, 4.69) is 28.0 Å². The molecule has 2 aromatic heterocycles. The van der Waals surface area contributed by atoms with Crippen LogP contribution in [0, 0.1) is 28.5 Å². The largest absolute Gasteiger partial charge is 0.491 e. The summed E-state index contributed by atoms with van der Waals surface area (Å²) in [6, 6.07) is 18.4. The lowest BCUT2D eigenvalue weighted by molar-refractivity contribution is -0.141. The predicted octanol–water partition coefficient (Wildman–Crippen LogP) is 6.85. The summed E-state index contributed by atoms with van der Waals surface area (Å²) < 4.78 is 56.5. The van der Waals surface area contributed by atoms with Crippen molar-refractivity contribution in [2.75, 3.05) is 11.9 Å². The number of hydrogen-bond acceptors (Lipinski definition) is 12. The van der Waals surface area contributed by atoms with Crippen LogP contribution in [0.4, 0.5) is 10.1 Å².